The van der Waals surface area contributed by atoms with E-state index in [9.17, 15) is 4.79 Å². The Balaban J connectivity index is 2.76. The molecule has 5 nitrogen and oxygen atoms in total. The van der Waals surface area contributed by atoms with Crippen LogP contribution in [-0.2, 0) is 9.53 Å². The van der Waals surface area contributed by atoms with Crippen LogP contribution in [0.3, 0.4) is 0 Å². The molecule has 1 rings (SSSR count). The summed E-state index contributed by atoms with van der Waals surface area (Å²) in [6.45, 7) is 8.06. The van der Waals surface area contributed by atoms with Crippen LogP contribution in [0.2, 0.25) is 0 Å². The predicted octanol–water partition coefficient (Wildman–Crippen LogP) is 1.68. The van der Waals surface area contributed by atoms with Gasteiger partial charge in [-0.2, -0.15) is 5.10 Å². The summed E-state index contributed by atoms with van der Waals surface area (Å²) in [6, 6.07) is 2.08. The second kappa shape index (κ2) is 6.00. The van der Waals surface area contributed by atoms with Crippen molar-refractivity contribution in [3.8, 4) is 0 Å². The molecule has 0 saturated heterocycles. The monoisotopic (exact) mass is 253 g/mol. The first-order valence-corrected chi connectivity index (χ1v) is 6.31. The predicted molar refractivity (Wildman–Crippen MR) is 70.4 cm³/mol. The van der Waals surface area contributed by atoms with Gasteiger partial charge in [0.15, 0.2) is 0 Å². The zero-order valence-corrected chi connectivity index (χ0v) is 11.9. The zero-order chi connectivity index (χ0) is 13.8. The number of aryl methyl sites for hydroxylation is 1. The Kier molecular flexibility index (Phi) is 4.90. The van der Waals surface area contributed by atoms with E-state index in [-0.39, 0.29) is 12.0 Å². The maximum atomic E-state index is 12.0. The molecule has 0 amide bonds. The number of likely N-dealkylation sites (N-methyl/N-ethyl adjacent to an activating group) is 1. The highest BCUT2D eigenvalue weighted by molar-refractivity contribution is 5.80. The third kappa shape index (κ3) is 3.32. The van der Waals surface area contributed by atoms with Crippen LogP contribution in [-0.4, -0.2) is 34.9 Å². The Morgan fingerprint density at radius 3 is 2.78 bits per heavy atom. The van der Waals surface area contributed by atoms with Crippen LogP contribution in [0.1, 0.15) is 38.9 Å². The summed E-state index contributed by atoms with van der Waals surface area (Å²) < 4.78 is 6.99. The van der Waals surface area contributed by atoms with Gasteiger partial charge in [-0.3, -0.25) is 9.48 Å². The average Bonchev–Trinajstić information content (AvgIpc) is 2.76. The number of esters is 1. The van der Waals surface area contributed by atoms with Crippen LogP contribution in [0.15, 0.2) is 12.3 Å². The minimum Gasteiger partial charge on any atom is -0.465 e. The molecular weight excluding hydrogens is 230 g/mol. The molecule has 0 radical (unpaired) electrons. The topological polar surface area (TPSA) is 56.2 Å². The van der Waals surface area contributed by atoms with E-state index in [1.807, 2.05) is 44.6 Å². The van der Waals surface area contributed by atoms with Crippen molar-refractivity contribution in [2.24, 2.45) is 0 Å². The second-order valence-corrected chi connectivity index (χ2v) is 4.79. The lowest BCUT2D eigenvalue weighted by Gasteiger charge is -2.29. The number of hydrogen-bond acceptors (Lipinski definition) is 4. The van der Waals surface area contributed by atoms with Crippen LogP contribution in [0.4, 0.5) is 0 Å². The lowest BCUT2D eigenvalue weighted by Crippen LogP contribution is -2.50. The summed E-state index contributed by atoms with van der Waals surface area (Å²) in [7, 11) is 1.78. The van der Waals surface area contributed by atoms with Gasteiger partial charge in [-0.15, -0.1) is 0 Å². The van der Waals surface area contributed by atoms with Gasteiger partial charge < -0.3 is 10.1 Å². The standard InChI is InChI=1S/C13H23N3O2/c1-6-18-12(17)13(4,14-5)9-11(3)16-8-7-10(2)15-16/h7-8,11,14H,6,9H2,1-5H3. The number of carbonyl (C=O) groups excluding carboxylic acids is 1. The molecule has 2 unspecified atom stereocenters. The molecule has 0 fully saturated rings. The molecule has 0 aliphatic rings. The van der Waals surface area contributed by atoms with Crippen molar-refractivity contribution in [3.05, 3.63) is 18.0 Å². The number of nitrogens with zero attached hydrogens (tertiary/aromatic N) is 2. The molecule has 0 saturated carbocycles. The first kappa shape index (κ1) is 14.7. The summed E-state index contributed by atoms with van der Waals surface area (Å²) in [5.41, 5.74) is 0.291. The van der Waals surface area contributed by atoms with Gasteiger partial charge in [0, 0.05) is 6.20 Å². The van der Waals surface area contributed by atoms with Gasteiger partial charge in [-0.1, -0.05) is 0 Å². The van der Waals surface area contributed by atoms with E-state index < -0.39 is 5.54 Å². The lowest BCUT2D eigenvalue weighted by atomic mass is 9.94. The lowest BCUT2D eigenvalue weighted by molar-refractivity contribution is -0.151. The molecule has 0 aliphatic heterocycles. The average molecular weight is 253 g/mol. The van der Waals surface area contributed by atoms with E-state index in [0.717, 1.165) is 5.69 Å². The van der Waals surface area contributed by atoms with E-state index in [1.165, 1.54) is 0 Å². The Hall–Kier alpha value is -1.36. The molecule has 0 bridgehead atoms. The molecule has 0 aliphatic carbocycles. The van der Waals surface area contributed by atoms with Crippen molar-refractivity contribution in [1.82, 2.24) is 15.1 Å². The molecule has 18 heavy (non-hydrogen) atoms. The van der Waals surface area contributed by atoms with E-state index >= 15 is 0 Å². The maximum Gasteiger partial charge on any atom is 0.326 e. The van der Waals surface area contributed by atoms with Crippen LogP contribution in [0.25, 0.3) is 0 Å². The molecule has 1 aromatic heterocycles. The normalized spacial score (nSPS) is 16.1. The zero-order valence-electron chi connectivity index (χ0n) is 11.9. The fourth-order valence-corrected chi connectivity index (χ4v) is 1.94. The van der Waals surface area contributed by atoms with Gasteiger partial charge in [0.25, 0.3) is 0 Å². The Morgan fingerprint density at radius 1 is 1.67 bits per heavy atom. The molecule has 5 heteroatoms. The SMILES string of the molecule is CCOC(=O)C(C)(CC(C)n1ccc(C)n1)NC. The van der Waals surface area contributed by atoms with Gasteiger partial charge in [0.2, 0.25) is 0 Å². The van der Waals surface area contributed by atoms with Crippen LogP contribution in [0, 0.1) is 6.92 Å². The summed E-state index contributed by atoms with van der Waals surface area (Å²) in [4.78, 5) is 12.0. The largest absolute Gasteiger partial charge is 0.465 e. The third-order valence-electron chi connectivity index (χ3n) is 3.17. The molecule has 0 spiro atoms. The molecule has 1 aromatic rings. The van der Waals surface area contributed by atoms with Crippen molar-refractivity contribution in [3.63, 3.8) is 0 Å². The van der Waals surface area contributed by atoms with Crippen molar-refractivity contribution in [2.75, 3.05) is 13.7 Å². The minimum atomic E-state index is -0.685. The number of nitrogens with one attached hydrogen (secondary N) is 1. The second-order valence-electron chi connectivity index (χ2n) is 4.79. The molecule has 1 heterocycles. The van der Waals surface area contributed by atoms with Crippen LogP contribution < -0.4 is 5.32 Å². The minimum absolute atomic E-state index is 0.126. The summed E-state index contributed by atoms with van der Waals surface area (Å²) in [5.74, 6) is -0.219. The van der Waals surface area contributed by atoms with E-state index in [2.05, 4.69) is 10.4 Å². The number of carbonyl (C=O) groups is 1. The van der Waals surface area contributed by atoms with E-state index in [1.54, 1.807) is 7.05 Å². The van der Waals surface area contributed by atoms with Crippen molar-refractivity contribution in [2.45, 2.75) is 45.7 Å². The molecule has 1 N–H and O–H groups in total. The maximum absolute atomic E-state index is 12.0. The van der Waals surface area contributed by atoms with Crippen molar-refractivity contribution < 1.29 is 9.53 Å². The van der Waals surface area contributed by atoms with Gasteiger partial charge in [-0.05, 0) is 47.2 Å². The van der Waals surface area contributed by atoms with Crippen molar-refractivity contribution in [1.29, 1.82) is 0 Å². The smallest absolute Gasteiger partial charge is 0.326 e. The molecule has 102 valence electrons. The Labute approximate surface area is 109 Å². The molecule has 2 atom stereocenters. The Bertz CT molecular complexity index is 403. The number of ether oxygens (including phenoxy) is 1. The van der Waals surface area contributed by atoms with Gasteiger partial charge in [0.1, 0.15) is 5.54 Å². The number of aromatic nitrogens is 2. The summed E-state index contributed by atoms with van der Waals surface area (Å²) in [6.07, 6.45) is 2.56. The van der Waals surface area contributed by atoms with Gasteiger partial charge in [0.05, 0.1) is 18.3 Å². The van der Waals surface area contributed by atoms with E-state index in [4.69, 9.17) is 4.74 Å². The summed E-state index contributed by atoms with van der Waals surface area (Å²) >= 11 is 0. The van der Waals surface area contributed by atoms with Gasteiger partial charge >= 0.3 is 5.97 Å². The van der Waals surface area contributed by atoms with Gasteiger partial charge in [-0.25, -0.2) is 0 Å². The third-order valence-corrected chi connectivity index (χ3v) is 3.17. The fraction of sp³-hybridized carbons (Fsp3) is 0.692. The number of hydrogen-bond donors (Lipinski definition) is 1. The molecule has 0 aromatic carbocycles. The van der Waals surface area contributed by atoms with E-state index in [0.29, 0.717) is 13.0 Å². The molecular formula is C13H23N3O2. The quantitative estimate of drug-likeness (QED) is 0.784. The van der Waals surface area contributed by atoms with Crippen LogP contribution in [0.5, 0.6) is 0 Å². The fourth-order valence-electron chi connectivity index (χ4n) is 1.94. The highest BCUT2D eigenvalue weighted by Gasteiger charge is 2.35. The summed E-state index contributed by atoms with van der Waals surface area (Å²) in [5, 5.41) is 7.43. The van der Waals surface area contributed by atoms with Crippen molar-refractivity contribution >= 4 is 5.97 Å². The number of rotatable bonds is 6. The highest BCUT2D eigenvalue weighted by Crippen LogP contribution is 2.21. The van der Waals surface area contributed by atoms with Crippen LogP contribution >= 0.6 is 0 Å². The first-order chi connectivity index (χ1) is 8.42. The Morgan fingerprint density at radius 2 is 2.33 bits per heavy atom. The first-order valence-electron chi connectivity index (χ1n) is 6.31. The highest BCUT2D eigenvalue weighted by atomic mass is 16.5.